The maximum absolute atomic E-state index is 13.1. The first-order valence-corrected chi connectivity index (χ1v) is 7.94. The van der Waals surface area contributed by atoms with Crippen molar-refractivity contribution in [1.29, 1.82) is 0 Å². The number of rotatable bonds is 5. The summed E-state index contributed by atoms with van der Waals surface area (Å²) < 4.78 is 18.5. The standard InChI is InChI=1S/C18H15ClFNO3/c19-15-10-12(20)6-9-14(15)18(23)24-16(11-4-2-1-3-5-11)17(22)21-13-7-8-13/h1-6,9-10,13,16H,7-8H2,(H,21,22)/t16-/m0/s1. The Morgan fingerprint density at radius 2 is 1.88 bits per heavy atom. The van der Waals surface area contributed by atoms with E-state index in [1.807, 2.05) is 0 Å². The predicted octanol–water partition coefficient (Wildman–Crippen LogP) is 3.66. The maximum atomic E-state index is 13.1. The van der Waals surface area contributed by atoms with Gasteiger partial charge in [0.15, 0.2) is 0 Å². The molecule has 1 amide bonds. The second-order valence-corrected chi connectivity index (χ2v) is 6.01. The molecule has 0 saturated heterocycles. The Morgan fingerprint density at radius 1 is 1.17 bits per heavy atom. The monoisotopic (exact) mass is 347 g/mol. The van der Waals surface area contributed by atoms with Crippen LogP contribution in [0.15, 0.2) is 48.5 Å². The fourth-order valence-electron chi connectivity index (χ4n) is 2.23. The average Bonchev–Trinajstić information content (AvgIpc) is 3.37. The molecule has 0 spiro atoms. The maximum Gasteiger partial charge on any atom is 0.340 e. The van der Waals surface area contributed by atoms with Gasteiger partial charge in [0.25, 0.3) is 5.91 Å². The number of carbonyl (C=O) groups is 2. The number of nitrogens with one attached hydrogen (secondary N) is 1. The van der Waals surface area contributed by atoms with Crippen LogP contribution < -0.4 is 5.32 Å². The van der Waals surface area contributed by atoms with Crippen LogP contribution in [0.4, 0.5) is 4.39 Å². The molecule has 0 aliphatic heterocycles. The molecule has 24 heavy (non-hydrogen) atoms. The van der Waals surface area contributed by atoms with Gasteiger partial charge in [-0.15, -0.1) is 0 Å². The summed E-state index contributed by atoms with van der Waals surface area (Å²) in [6.45, 7) is 0. The molecule has 0 aromatic heterocycles. The minimum absolute atomic E-state index is 0.0122. The van der Waals surface area contributed by atoms with Gasteiger partial charge in [-0.3, -0.25) is 4.79 Å². The van der Waals surface area contributed by atoms with Crippen LogP contribution in [0.1, 0.15) is 34.9 Å². The first-order chi connectivity index (χ1) is 11.5. The molecule has 1 aliphatic carbocycles. The molecule has 4 nitrogen and oxygen atoms in total. The van der Waals surface area contributed by atoms with Gasteiger partial charge in [-0.05, 0) is 31.0 Å². The highest BCUT2D eigenvalue weighted by molar-refractivity contribution is 6.33. The van der Waals surface area contributed by atoms with Crippen LogP contribution in [0.2, 0.25) is 5.02 Å². The van der Waals surface area contributed by atoms with Gasteiger partial charge in [-0.25, -0.2) is 9.18 Å². The summed E-state index contributed by atoms with van der Waals surface area (Å²) in [7, 11) is 0. The average molecular weight is 348 g/mol. The lowest BCUT2D eigenvalue weighted by molar-refractivity contribution is -0.130. The van der Waals surface area contributed by atoms with Gasteiger partial charge in [0.05, 0.1) is 10.6 Å². The summed E-state index contributed by atoms with van der Waals surface area (Å²) in [5, 5.41) is 2.76. The molecule has 1 saturated carbocycles. The van der Waals surface area contributed by atoms with Gasteiger partial charge in [-0.2, -0.15) is 0 Å². The van der Waals surface area contributed by atoms with Crippen LogP contribution in [0, 0.1) is 5.82 Å². The van der Waals surface area contributed by atoms with Crippen molar-refractivity contribution in [2.24, 2.45) is 0 Å². The number of benzene rings is 2. The highest BCUT2D eigenvalue weighted by Crippen LogP contribution is 2.25. The zero-order valence-electron chi connectivity index (χ0n) is 12.7. The van der Waals surface area contributed by atoms with Crippen LogP contribution in [0.3, 0.4) is 0 Å². The summed E-state index contributed by atoms with van der Waals surface area (Å²) in [6.07, 6.45) is 0.760. The zero-order chi connectivity index (χ0) is 17.1. The van der Waals surface area contributed by atoms with E-state index in [1.54, 1.807) is 30.3 Å². The number of carbonyl (C=O) groups excluding carboxylic acids is 2. The highest BCUT2D eigenvalue weighted by Gasteiger charge is 2.31. The van der Waals surface area contributed by atoms with Crippen LogP contribution in [-0.2, 0) is 9.53 Å². The van der Waals surface area contributed by atoms with Crippen molar-refractivity contribution >= 4 is 23.5 Å². The van der Waals surface area contributed by atoms with Crippen molar-refractivity contribution in [2.45, 2.75) is 25.0 Å². The normalized spacial score (nSPS) is 14.8. The number of hydrogen-bond acceptors (Lipinski definition) is 3. The van der Waals surface area contributed by atoms with Crippen LogP contribution in [0.25, 0.3) is 0 Å². The molecular formula is C18H15ClFNO3. The molecule has 0 unspecified atom stereocenters. The Hall–Kier alpha value is -2.40. The number of hydrogen-bond donors (Lipinski definition) is 1. The third-order valence-corrected chi connectivity index (χ3v) is 3.95. The summed E-state index contributed by atoms with van der Waals surface area (Å²) in [5.41, 5.74) is 0.570. The third-order valence-electron chi connectivity index (χ3n) is 3.64. The van der Waals surface area contributed by atoms with Crippen molar-refractivity contribution in [3.05, 3.63) is 70.5 Å². The van der Waals surface area contributed by atoms with Gasteiger partial charge < -0.3 is 10.1 Å². The lowest BCUT2D eigenvalue weighted by Crippen LogP contribution is -2.33. The highest BCUT2D eigenvalue weighted by atomic mass is 35.5. The van der Waals surface area contributed by atoms with E-state index in [4.69, 9.17) is 16.3 Å². The van der Waals surface area contributed by atoms with Gasteiger partial charge in [0, 0.05) is 11.6 Å². The number of amides is 1. The molecular weight excluding hydrogens is 333 g/mol. The topological polar surface area (TPSA) is 55.4 Å². The lowest BCUT2D eigenvalue weighted by atomic mass is 10.1. The second kappa shape index (κ2) is 7.01. The molecule has 6 heteroatoms. The minimum atomic E-state index is -1.08. The molecule has 1 fully saturated rings. The quantitative estimate of drug-likeness (QED) is 0.840. The van der Waals surface area contributed by atoms with Gasteiger partial charge in [0.1, 0.15) is 5.82 Å². The number of halogens is 2. The Morgan fingerprint density at radius 3 is 2.50 bits per heavy atom. The first-order valence-electron chi connectivity index (χ1n) is 7.56. The molecule has 3 rings (SSSR count). The molecule has 0 bridgehead atoms. The third kappa shape index (κ3) is 3.92. The smallest absolute Gasteiger partial charge is 0.340 e. The lowest BCUT2D eigenvalue weighted by Gasteiger charge is -2.18. The molecule has 0 heterocycles. The van der Waals surface area contributed by atoms with E-state index in [2.05, 4.69) is 5.32 Å². The number of esters is 1. The Labute approximate surface area is 143 Å². The number of ether oxygens (including phenoxy) is 1. The zero-order valence-corrected chi connectivity index (χ0v) is 13.4. The van der Waals surface area contributed by atoms with Crippen molar-refractivity contribution < 1.29 is 18.7 Å². The van der Waals surface area contributed by atoms with Gasteiger partial charge in [0.2, 0.25) is 6.10 Å². The molecule has 2 aromatic rings. The van der Waals surface area contributed by atoms with E-state index < -0.39 is 17.9 Å². The van der Waals surface area contributed by atoms with Crippen molar-refractivity contribution in [3.8, 4) is 0 Å². The second-order valence-electron chi connectivity index (χ2n) is 5.60. The van der Waals surface area contributed by atoms with Gasteiger partial charge >= 0.3 is 5.97 Å². The predicted molar refractivity (Wildman–Crippen MR) is 87.2 cm³/mol. The van der Waals surface area contributed by atoms with Crippen molar-refractivity contribution in [2.75, 3.05) is 0 Å². The van der Waals surface area contributed by atoms with Crippen LogP contribution in [-0.4, -0.2) is 17.9 Å². The van der Waals surface area contributed by atoms with Crippen LogP contribution >= 0.6 is 11.6 Å². The largest absolute Gasteiger partial charge is 0.444 e. The van der Waals surface area contributed by atoms with E-state index in [0.717, 1.165) is 25.0 Å². The molecule has 0 radical (unpaired) electrons. The fraction of sp³-hybridized carbons (Fsp3) is 0.222. The van der Waals surface area contributed by atoms with Crippen molar-refractivity contribution in [3.63, 3.8) is 0 Å². The molecule has 1 aliphatic rings. The minimum Gasteiger partial charge on any atom is -0.444 e. The van der Waals surface area contributed by atoms with Crippen molar-refractivity contribution in [1.82, 2.24) is 5.32 Å². The molecule has 1 atom stereocenters. The van der Waals surface area contributed by atoms with E-state index >= 15 is 0 Å². The fourth-order valence-corrected chi connectivity index (χ4v) is 2.48. The summed E-state index contributed by atoms with van der Waals surface area (Å²) in [6, 6.07) is 12.2. The summed E-state index contributed by atoms with van der Waals surface area (Å²) >= 11 is 5.89. The summed E-state index contributed by atoms with van der Waals surface area (Å²) in [5.74, 6) is -1.71. The summed E-state index contributed by atoms with van der Waals surface area (Å²) in [4.78, 5) is 24.8. The van der Waals surface area contributed by atoms with E-state index in [9.17, 15) is 14.0 Å². The SMILES string of the molecule is O=C(O[C@H](C(=O)NC1CC1)c1ccccc1)c1ccc(F)cc1Cl. The van der Waals surface area contributed by atoms with Gasteiger partial charge in [-0.1, -0.05) is 41.9 Å². The van der Waals surface area contributed by atoms with Crippen LogP contribution in [0.5, 0.6) is 0 Å². The van der Waals surface area contributed by atoms with E-state index in [0.29, 0.717) is 5.56 Å². The van der Waals surface area contributed by atoms with E-state index in [-0.39, 0.29) is 22.5 Å². The molecule has 1 N–H and O–H groups in total. The Kier molecular flexibility index (Phi) is 4.81. The Balaban J connectivity index is 1.82. The van der Waals surface area contributed by atoms with E-state index in [1.165, 1.54) is 6.07 Å². The molecule has 2 aromatic carbocycles. The Bertz CT molecular complexity index is 762. The molecule has 124 valence electrons. The first kappa shape index (κ1) is 16.5.